The minimum absolute atomic E-state index is 0.346. The molecule has 26 heavy (non-hydrogen) atoms. The van der Waals surface area contributed by atoms with E-state index in [1.807, 2.05) is 19.1 Å². The second-order valence-corrected chi connectivity index (χ2v) is 7.07. The van der Waals surface area contributed by atoms with E-state index in [9.17, 15) is 0 Å². The number of nitrogens with zero attached hydrogens (tertiary/aromatic N) is 1. The number of aromatic nitrogens is 1. The summed E-state index contributed by atoms with van der Waals surface area (Å²) in [5.74, 6) is 0.894. The maximum atomic E-state index is 8.75. The van der Waals surface area contributed by atoms with Crippen molar-refractivity contribution < 1.29 is 9.84 Å². The first-order valence-electron chi connectivity index (χ1n) is 10.5. The number of unbranched alkanes of at least 4 members (excludes halogenated alkanes) is 9. The summed E-state index contributed by atoms with van der Waals surface area (Å²) in [6.45, 7) is 3.03. The Balaban J connectivity index is 1.63. The van der Waals surface area contributed by atoms with Gasteiger partial charge in [0.25, 0.3) is 0 Å². The Morgan fingerprint density at radius 2 is 1.46 bits per heavy atom. The summed E-state index contributed by atoms with van der Waals surface area (Å²) in [4.78, 5) is 4.83. The lowest BCUT2D eigenvalue weighted by Gasteiger charge is -2.08. The molecule has 2 aromatic rings. The van der Waals surface area contributed by atoms with Crippen LogP contribution < -0.4 is 4.74 Å². The Morgan fingerprint density at radius 1 is 0.808 bits per heavy atom. The smallest absolute Gasteiger partial charge is 0.145 e. The van der Waals surface area contributed by atoms with Crippen LogP contribution in [-0.2, 0) is 6.42 Å². The molecule has 0 fully saturated rings. The van der Waals surface area contributed by atoms with Gasteiger partial charge in [-0.1, -0.05) is 69.6 Å². The average molecular weight is 358 g/mol. The van der Waals surface area contributed by atoms with Gasteiger partial charge in [-0.3, -0.25) is 0 Å². The molecule has 0 aliphatic carbocycles. The van der Waals surface area contributed by atoms with Crippen LogP contribution in [0.4, 0.5) is 0 Å². The van der Waals surface area contributed by atoms with Gasteiger partial charge in [0.2, 0.25) is 0 Å². The van der Waals surface area contributed by atoms with E-state index in [2.05, 4.69) is 18.2 Å². The first-order chi connectivity index (χ1) is 12.8. The molecule has 1 aromatic heterocycles. The third-order valence-corrected chi connectivity index (χ3v) is 4.88. The zero-order valence-corrected chi connectivity index (χ0v) is 16.4. The molecule has 1 heterocycles. The van der Waals surface area contributed by atoms with Gasteiger partial charge in [0.15, 0.2) is 0 Å². The number of aliphatic hydroxyl groups excluding tert-OH is 1. The molecule has 0 spiro atoms. The zero-order chi connectivity index (χ0) is 18.5. The lowest BCUT2D eigenvalue weighted by molar-refractivity contribution is 0.282. The Hall–Kier alpha value is -1.61. The maximum absolute atomic E-state index is 8.75. The van der Waals surface area contributed by atoms with Crippen molar-refractivity contribution in [1.29, 1.82) is 0 Å². The number of hydrogen-bond acceptors (Lipinski definition) is 3. The number of para-hydroxylation sites is 1. The van der Waals surface area contributed by atoms with Crippen molar-refractivity contribution in [3.8, 4) is 5.75 Å². The molecule has 0 aliphatic heterocycles. The summed E-state index contributed by atoms with van der Waals surface area (Å²) < 4.78 is 5.71. The van der Waals surface area contributed by atoms with Crippen molar-refractivity contribution in [2.45, 2.75) is 77.6 Å². The van der Waals surface area contributed by atoms with E-state index >= 15 is 0 Å². The van der Waals surface area contributed by atoms with Crippen LogP contribution in [0, 0.1) is 0 Å². The van der Waals surface area contributed by atoms with Crippen LogP contribution in [-0.4, -0.2) is 23.3 Å². The molecule has 1 aromatic carbocycles. The standard InChI is InChI=1S/C23H35NO2/c1-2-26-22-16-13-14-20-17-18-21(24-23(20)22)15-11-9-7-5-3-4-6-8-10-12-19-25/h13-14,16-18,25H,2-12,15,19H2,1H3. The molecule has 0 aliphatic rings. The summed E-state index contributed by atoms with van der Waals surface area (Å²) >= 11 is 0. The lowest BCUT2D eigenvalue weighted by atomic mass is 10.0. The fraction of sp³-hybridized carbons (Fsp3) is 0.609. The molecule has 1 N–H and O–H groups in total. The molecule has 0 radical (unpaired) electrons. The monoisotopic (exact) mass is 357 g/mol. The van der Waals surface area contributed by atoms with Gasteiger partial charge in [-0.25, -0.2) is 4.98 Å². The molecular formula is C23H35NO2. The van der Waals surface area contributed by atoms with E-state index in [1.165, 1.54) is 63.5 Å². The van der Waals surface area contributed by atoms with Crippen molar-refractivity contribution in [2.24, 2.45) is 0 Å². The topological polar surface area (TPSA) is 42.4 Å². The predicted octanol–water partition coefficient (Wildman–Crippen LogP) is 6.07. The molecule has 0 saturated carbocycles. The molecule has 0 atom stereocenters. The second kappa shape index (κ2) is 12.7. The fourth-order valence-electron chi connectivity index (χ4n) is 3.40. The summed E-state index contributed by atoms with van der Waals surface area (Å²) in [6, 6.07) is 10.5. The Morgan fingerprint density at radius 3 is 2.12 bits per heavy atom. The Kier molecular flexibility index (Phi) is 10.1. The largest absolute Gasteiger partial charge is 0.492 e. The number of pyridine rings is 1. The Bertz CT molecular complexity index is 627. The van der Waals surface area contributed by atoms with E-state index in [0.29, 0.717) is 13.2 Å². The summed E-state index contributed by atoms with van der Waals surface area (Å²) in [7, 11) is 0. The summed E-state index contributed by atoms with van der Waals surface area (Å²) in [6.07, 6.45) is 13.7. The molecule has 3 heteroatoms. The summed E-state index contributed by atoms with van der Waals surface area (Å²) in [5, 5.41) is 9.90. The molecule has 0 amide bonds. The first-order valence-corrected chi connectivity index (χ1v) is 10.5. The van der Waals surface area contributed by atoms with Crippen molar-refractivity contribution in [3.05, 3.63) is 36.0 Å². The van der Waals surface area contributed by atoms with Gasteiger partial charge in [-0.15, -0.1) is 0 Å². The number of fused-ring (bicyclic) bond motifs is 1. The van der Waals surface area contributed by atoms with E-state index in [1.54, 1.807) is 0 Å². The van der Waals surface area contributed by atoms with Gasteiger partial charge in [0.05, 0.1) is 6.61 Å². The normalized spacial score (nSPS) is 11.2. The number of aliphatic hydroxyl groups is 1. The number of aryl methyl sites for hydroxylation is 1. The molecular weight excluding hydrogens is 322 g/mol. The van der Waals surface area contributed by atoms with Crippen LogP contribution >= 0.6 is 0 Å². The van der Waals surface area contributed by atoms with Gasteiger partial charge in [-0.2, -0.15) is 0 Å². The third kappa shape index (κ3) is 7.33. The SMILES string of the molecule is CCOc1cccc2ccc(CCCCCCCCCCCCO)nc12. The van der Waals surface area contributed by atoms with Crippen molar-refractivity contribution in [3.63, 3.8) is 0 Å². The molecule has 0 bridgehead atoms. The van der Waals surface area contributed by atoms with Crippen LogP contribution in [0.2, 0.25) is 0 Å². The second-order valence-electron chi connectivity index (χ2n) is 7.07. The molecule has 0 unspecified atom stereocenters. The van der Waals surface area contributed by atoms with E-state index in [4.69, 9.17) is 14.8 Å². The Labute approximate surface area is 158 Å². The van der Waals surface area contributed by atoms with E-state index < -0.39 is 0 Å². The minimum Gasteiger partial charge on any atom is -0.492 e. The lowest BCUT2D eigenvalue weighted by Crippen LogP contribution is -1.96. The fourth-order valence-corrected chi connectivity index (χ4v) is 3.40. The van der Waals surface area contributed by atoms with Crippen LogP contribution in [0.15, 0.2) is 30.3 Å². The molecule has 3 nitrogen and oxygen atoms in total. The van der Waals surface area contributed by atoms with E-state index in [-0.39, 0.29) is 0 Å². The van der Waals surface area contributed by atoms with Gasteiger partial charge >= 0.3 is 0 Å². The molecule has 2 rings (SSSR count). The number of ether oxygens (including phenoxy) is 1. The number of benzene rings is 1. The highest BCUT2D eigenvalue weighted by Gasteiger charge is 2.04. The van der Waals surface area contributed by atoms with Crippen molar-refractivity contribution in [2.75, 3.05) is 13.2 Å². The van der Waals surface area contributed by atoms with Gasteiger partial charge in [0, 0.05) is 17.7 Å². The highest BCUT2D eigenvalue weighted by Crippen LogP contribution is 2.24. The first kappa shape index (κ1) is 20.7. The van der Waals surface area contributed by atoms with E-state index in [0.717, 1.165) is 29.5 Å². The minimum atomic E-state index is 0.346. The maximum Gasteiger partial charge on any atom is 0.145 e. The van der Waals surface area contributed by atoms with Crippen LogP contribution in [0.5, 0.6) is 5.75 Å². The molecule has 144 valence electrons. The van der Waals surface area contributed by atoms with Gasteiger partial charge in [0.1, 0.15) is 11.3 Å². The van der Waals surface area contributed by atoms with Crippen LogP contribution in [0.25, 0.3) is 10.9 Å². The van der Waals surface area contributed by atoms with Crippen LogP contribution in [0.1, 0.15) is 76.8 Å². The quantitative estimate of drug-likeness (QED) is 0.417. The van der Waals surface area contributed by atoms with Crippen molar-refractivity contribution in [1.82, 2.24) is 4.98 Å². The third-order valence-electron chi connectivity index (χ3n) is 4.88. The average Bonchev–Trinajstić information content (AvgIpc) is 2.67. The highest BCUT2D eigenvalue weighted by molar-refractivity contribution is 5.84. The number of hydrogen-bond donors (Lipinski definition) is 1. The summed E-state index contributed by atoms with van der Waals surface area (Å²) in [5.41, 5.74) is 2.17. The molecule has 0 saturated heterocycles. The van der Waals surface area contributed by atoms with Gasteiger partial charge < -0.3 is 9.84 Å². The van der Waals surface area contributed by atoms with Crippen LogP contribution in [0.3, 0.4) is 0 Å². The highest BCUT2D eigenvalue weighted by atomic mass is 16.5. The predicted molar refractivity (Wildman–Crippen MR) is 110 cm³/mol. The van der Waals surface area contributed by atoms with Gasteiger partial charge in [-0.05, 0) is 38.3 Å². The number of rotatable bonds is 14. The zero-order valence-electron chi connectivity index (χ0n) is 16.4. The van der Waals surface area contributed by atoms with Crippen molar-refractivity contribution >= 4 is 10.9 Å².